The molecule has 0 heterocycles. The van der Waals surface area contributed by atoms with Crippen molar-refractivity contribution < 1.29 is 0 Å². The average molecular weight is 221 g/mol. The molecule has 0 rings (SSSR count). The molecule has 0 unspecified atom stereocenters. The van der Waals surface area contributed by atoms with Gasteiger partial charge in [-0.25, -0.2) is 4.90 Å². The second-order valence-corrected chi connectivity index (χ2v) is 2.70. The predicted molar refractivity (Wildman–Crippen MR) is 52.2 cm³/mol. The van der Waals surface area contributed by atoms with Crippen LogP contribution in [0.4, 0.5) is 0 Å². The van der Waals surface area contributed by atoms with E-state index in [1.807, 2.05) is 0 Å². The third-order valence-corrected chi connectivity index (χ3v) is 1.75. The van der Waals surface area contributed by atoms with E-state index in [1.165, 1.54) is 0 Å². The van der Waals surface area contributed by atoms with Gasteiger partial charge in [0.2, 0.25) is 5.41 Å². The number of rotatable bonds is 4. The van der Waals surface area contributed by atoms with Crippen molar-refractivity contribution in [2.24, 2.45) is 5.41 Å². The quantitative estimate of drug-likeness (QED) is 0.379. The minimum atomic E-state index is -1.67. The molecule has 0 aliphatic heterocycles. The topological polar surface area (TPSA) is 122 Å². The van der Waals surface area contributed by atoms with Crippen molar-refractivity contribution in [3.63, 3.8) is 0 Å². The molecule has 16 heavy (non-hydrogen) atoms. The summed E-state index contributed by atoms with van der Waals surface area (Å²) in [5, 5.41) is 42.6. The van der Waals surface area contributed by atoms with E-state index in [9.17, 15) is 0 Å². The summed E-state index contributed by atoms with van der Waals surface area (Å²) in [6.45, 7) is 0.111. The first-order valence-electron chi connectivity index (χ1n) is 3.99. The van der Waals surface area contributed by atoms with E-state index in [-0.39, 0.29) is 48.9 Å². The molecule has 0 amide bonds. The SMILES string of the molecule is N#CN(C#N)CCCC(C#N)(C#N)C#N.[Na]. The van der Waals surface area contributed by atoms with Gasteiger partial charge in [-0.05, 0) is 12.8 Å². The first kappa shape index (κ1) is 16.7. The molecule has 0 fully saturated rings. The first-order chi connectivity index (χ1) is 7.17. The summed E-state index contributed by atoms with van der Waals surface area (Å²) in [5.74, 6) is 0. The molecular formula is C9H6N6Na. The summed E-state index contributed by atoms with van der Waals surface area (Å²) in [6, 6.07) is 4.85. The summed E-state index contributed by atoms with van der Waals surface area (Å²) in [7, 11) is 0. The van der Waals surface area contributed by atoms with Crippen molar-refractivity contribution in [2.75, 3.05) is 6.54 Å². The average Bonchev–Trinajstić information content (AvgIpc) is 2.31. The molecule has 0 aromatic rings. The van der Waals surface area contributed by atoms with Crippen LogP contribution in [0.1, 0.15) is 12.8 Å². The zero-order chi connectivity index (χ0) is 11.7. The van der Waals surface area contributed by atoms with E-state index in [2.05, 4.69) is 0 Å². The van der Waals surface area contributed by atoms with Crippen molar-refractivity contribution >= 4 is 29.6 Å². The second kappa shape index (κ2) is 8.55. The molecule has 1 radical (unpaired) electrons. The number of hydrogen-bond donors (Lipinski definition) is 0. The molecule has 0 saturated heterocycles. The van der Waals surface area contributed by atoms with Crippen LogP contribution in [0.2, 0.25) is 0 Å². The summed E-state index contributed by atoms with van der Waals surface area (Å²) in [5.41, 5.74) is -1.67. The molecule has 0 aromatic heterocycles. The van der Waals surface area contributed by atoms with Crippen LogP contribution in [0.25, 0.3) is 0 Å². The van der Waals surface area contributed by atoms with E-state index in [1.54, 1.807) is 30.6 Å². The van der Waals surface area contributed by atoms with Gasteiger partial charge in [0.05, 0.1) is 0 Å². The fourth-order valence-corrected chi connectivity index (χ4v) is 0.867. The molecule has 0 aliphatic rings. The van der Waals surface area contributed by atoms with Crippen LogP contribution >= 0.6 is 0 Å². The van der Waals surface area contributed by atoms with Crippen molar-refractivity contribution in [2.45, 2.75) is 12.8 Å². The standard InChI is InChI=1S/C9H6N6.Na/c10-4-9(5-11,6-12)2-1-3-15(7-13)8-14;/h1-3H2;. The number of nitriles is 5. The second-order valence-electron chi connectivity index (χ2n) is 2.70. The van der Waals surface area contributed by atoms with Crippen LogP contribution in [0, 0.1) is 62.3 Å². The molecule has 0 atom stereocenters. The monoisotopic (exact) mass is 221 g/mol. The molecule has 6 nitrogen and oxygen atoms in total. The Balaban J connectivity index is 0. The third kappa shape index (κ3) is 4.65. The van der Waals surface area contributed by atoms with E-state index >= 15 is 0 Å². The van der Waals surface area contributed by atoms with Gasteiger partial charge in [0, 0.05) is 36.1 Å². The Kier molecular flexibility index (Phi) is 8.91. The van der Waals surface area contributed by atoms with Crippen LogP contribution in [0.5, 0.6) is 0 Å². The van der Waals surface area contributed by atoms with Gasteiger partial charge in [-0.15, -0.1) is 0 Å². The van der Waals surface area contributed by atoms with Crippen molar-refractivity contribution in [1.82, 2.24) is 4.90 Å². The molecule has 0 aliphatic carbocycles. The summed E-state index contributed by atoms with van der Waals surface area (Å²) in [4.78, 5) is 0.816. The Morgan fingerprint density at radius 3 is 1.62 bits per heavy atom. The van der Waals surface area contributed by atoms with E-state index < -0.39 is 5.41 Å². The van der Waals surface area contributed by atoms with Crippen LogP contribution in [0.15, 0.2) is 0 Å². The van der Waals surface area contributed by atoms with Gasteiger partial charge in [0.25, 0.3) is 0 Å². The van der Waals surface area contributed by atoms with Gasteiger partial charge in [-0.1, -0.05) is 0 Å². The molecule has 0 spiro atoms. The molecule has 0 saturated carbocycles. The minimum absolute atomic E-state index is 0. The maximum Gasteiger partial charge on any atom is 0.228 e. The molecule has 0 bridgehead atoms. The van der Waals surface area contributed by atoms with Crippen LogP contribution in [-0.2, 0) is 0 Å². The Labute approximate surface area is 116 Å². The Hall–Kier alpha value is -1.75. The third-order valence-electron chi connectivity index (χ3n) is 1.75. The zero-order valence-corrected chi connectivity index (χ0v) is 10.8. The maximum absolute atomic E-state index is 8.62. The van der Waals surface area contributed by atoms with Gasteiger partial charge in [0.1, 0.15) is 18.2 Å². The summed E-state index contributed by atoms with van der Waals surface area (Å²) >= 11 is 0. The Morgan fingerprint density at radius 2 is 1.31 bits per heavy atom. The molecule has 0 N–H and O–H groups in total. The van der Waals surface area contributed by atoms with Crippen LogP contribution < -0.4 is 0 Å². The van der Waals surface area contributed by atoms with Gasteiger partial charge in [-0.2, -0.15) is 26.3 Å². The minimum Gasteiger partial charge on any atom is -0.216 e. The Bertz CT molecular complexity index is 373. The first-order valence-corrected chi connectivity index (χ1v) is 3.99. The molecule has 73 valence electrons. The predicted octanol–water partition coefficient (Wildman–Crippen LogP) is 0.207. The summed E-state index contributed by atoms with van der Waals surface area (Å²) in [6.07, 6.45) is 3.51. The molecular weight excluding hydrogens is 215 g/mol. The Morgan fingerprint density at radius 1 is 0.875 bits per heavy atom. The smallest absolute Gasteiger partial charge is 0.216 e. The maximum atomic E-state index is 8.62. The van der Waals surface area contributed by atoms with Crippen molar-refractivity contribution in [3.05, 3.63) is 0 Å². The van der Waals surface area contributed by atoms with Gasteiger partial charge >= 0.3 is 0 Å². The van der Waals surface area contributed by atoms with Gasteiger partial charge < -0.3 is 0 Å². The van der Waals surface area contributed by atoms with E-state index in [0.29, 0.717) is 0 Å². The normalized spacial score (nSPS) is 7.94. The largest absolute Gasteiger partial charge is 0.228 e. The molecule has 7 heteroatoms. The van der Waals surface area contributed by atoms with E-state index in [0.717, 1.165) is 4.90 Å². The molecule has 0 aromatic carbocycles. The summed E-state index contributed by atoms with van der Waals surface area (Å²) < 4.78 is 0. The number of nitrogens with zero attached hydrogens (tertiary/aromatic N) is 6. The van der Waals surface area contributed by atoms with E-state index in [4.69, 9.17) is 26.3 Å². The zero-order valence-electron chi connectivity index (χ0n) is 8.80. The van der Waals surface area contributed by atoms with Crippen molar-refractivity contribution in [1.29, 1.82) is 26.3 Å². The van der Waals surface area contributed by atoms with Crippen LogP contribution in [-0.4, -0.2) is 41.0 Å². The van der Waals surface area contributed by atoms with Gasteiger partial charge in [0.15, 0.2) is 12.4 Å². The van der Waals surface area contributed by atoms with Gasteiger partial charge in [-0.3, -0.25) is 0 Å². The number of hydrogen-bond acceptors (Lipinski definition) is 6. The van der Waals surface area contributed by atoms with Crippen molar-refractivity contribution in [3.8, 4) is 30.6 Å². The van der Waals surface area contributed by atoms with Crippen LogP contribution in [0.3, 0.4) is 0 Å². The fraction of sp³-hybridized carbons (Fsp3) is 0.444. The fourth-order valence-electron chi connectivity index (χ4n) is 0.867.